The standard InChI is InChI=1S/C40H30N2/c1-2-12-27(13-3-1)39-32-16-6-8-18-34(32)40(35-19-9-7-17-33(35)39)36-22-21-30(28-14-4-5-15-29(28)36)31-23-25-41-26-37(31)38-20-10-11-24-42-38/h1-4,6-14,16-26,29,36H,5,15H2. The molecule has 6 aromatic rings. The Morgan fingerprint density at radius 3 is 2.07 bits per heavy atom. The molecule has 2 aliphatic rings. The van der Waals surface area contributed by atoms with E-state index >= 15 is 0 Å². The van der Waals surface area contributed by atoms with Crippen LogP contribution in [0.15, 0.2) is 152 Å². The van der Waals surface area contributed by atoms with E-state index in [1.54, 1.807) is 0 Å². The Labute approximate surface area is 246 Å². The van der Waals surface area contributed by atoms with Crippen LogP contribution < -0.4 is 0 Å². The Bertz CT molecular complexity index is 1980. The van der Waals surface area contributed by atoms with E-state index in [9.17, 15) is 0 Å². The van der Waals surface area contributed by atoms with Crippen LogP contribution in [-0.2, 0) is 0 Å². The Morgan fingerprint density at radius 2 is 1.33 bits per heavy atom. The van der Waals surface area contributed by atoms with Crippen molar-refractivity contribution < 1.29 is 0 Å². The number of allylic oxidation sites excluding steroid dienone is 6. The minimum atomic E-state index is 0.272. The Morgan fingerprint density at radius 1 is 0.619 bits per heavy atom. The van der Waals surface area contributed by atoms with Crippen molar-refractivity contribution in [2.75, 3.05) is 0 Å². The van der Waals surface area contributed by atoms with Gasteiger partial charge in [0.05, 0.1) is 5.69 Å². The molecule has 0 spiro atoms. The molecule has 2 unspecified atom stereocenters. The van der Waals surface area contributed by atoms with Crippen LogP contribution in [-0.4, -0.2) is 9.97 Å². The molecule has 0 amide bonds. The molecule has 2 aromatic heterocycles. The zero-order valence-electron chi connectivity index (χ0n) is 23.3. The topological polar surface area (TPSA) is 25.8 Å². The highest BCUT2D eigenvalue weighted by atomic mass is 14.7. The molecule has 0 aliphatic heterocycles. The summed E-state index contributed by atoms with van der Waals surface area (Å²) in [7, 11) is 0. The van der Waals surface area contributed by atoms with E-state index in [2.05, 4.69) is 125 Å². The van der Waals surface area contributed by atoms with Crippen molar-refractivity contribution in [1.82, 2.24) is 9.97 Å². The number of hydrogen-bond acceptors (Lipinski definition) is 2. The molecule has 42 heavy (non-hydrogen) atoms. The molecule has 2 atom stereocenters. The highest BCUT2D eigenvalue weighted by Crippen LogP contribution is 2.50. The summed E-state index contributed by atoms with van der Waals surface area (Å²) in [6.45, 7) is 0. The van der Waals surface area contributed by atoms with E-state index < -0.39 is 0 Å². The maximum atomic E-state index is 4.67. The molecule has 0 N–H and O–H groups in total. The first kappa shape index (κ1) is 24.7. The van der Waals surface area contributed by atoms with E-state index in [1.165, 1.54) is 54.9 Å². The largest absolute Gasteiger partial charge is 0.264 e. The number of hydrogen-bond donors (Lipinski definition) is 0. The van der Waals surface area contributed by atoms with Gasteiger partial charge < -0.3 is 0 Å². The third-order valence-corrected chi connectivity index (χ3v) is 8.98. The van der Waals surface area contributed by atoms with Gasteiger partial charge in [-0.15, -0.1) is 0 Å². The van der Waals surface area contributed by atoms with Gasteiger partial charge >= 0.3 is 0 Å². The summed E-state index contributed by atoms with van der Waals surface area (Å²) in [5, 5.41) is 5.33. The molecule has 8 rings (SSSR count). The summed E-state index contributed by atoms with van der Waals surface area (Å²) in [5.41, 5.74) is 9.94. The Balaban J connectivity index is 1.35. The van der Waals surface area contributed by atoms with Gasteiger partial charge in [0.15, 0.2) is 0 Å². The Hall–Kier alpha value is -5.08. The fourth-order valence-corrected chi connectivity index (χ4v) is 7.19. The fraction of sp³-hybridized carbons (Fsp3) is 0.100. The van der Waals surface area contributed by atoms with Gasteiger partial charge in [-0.1, -0.05) is 109 Å². The van der Waals surface area contributed by atoms with E-state index in [1.807, 2.05) is 30.7 Å². The van der Waals surface area contributed by atoms with E-state index in [0.29, 0.717) is 5.92 Å². The van der Waals surface area contributed by atoms with Crippen LogP contribution in [0, 0.1) is 5.92 Å². The van der Waals surface area contributed by atoms with Crippen LogP contribution in [0.2, 0.25) is 0 Å². The summed E-state index contributed by atoms with van der Waals surface area (Å²) in [6, 6.07) is 37.1. The van der Waals surface area contributed by atoms with Crippen LogP contribution >= 0.6 is 0 Å². The first-order valence-corrected chi connectivity index (χ1v) is 14.8. The van der Waals surface area contributed by atoms with Crippen LogP contribution in [0.3, 0.4) is 0 Å². The molecule has 0 saturated carbocycles. The maximum Gasteiger partial charge on any atom is 0.0723 e. The summed E-state index contributed by atoms with van der Waals surface area (Å²) < 4.78 is 0. The van der Waals surface area contributed by atoms with Crippen molar-refractivity contribution in [1.29, 1.82) is 0 Å². The summed E-state index contributed by atoms with van der Waals surface area (Å²) >= 11 is 0. The Kier molecular flexibility index (Phi) is 6.11. The second-order valence-corrected chi connectivity index (χ2v) is 11.2. The lowest BCUT2D eigenvalue weighted by Gasteiger charge is -2.35. The van der Waals surface area contributed by atoms with Gasteiger partial charge in [0, 0.05) is 30.1 Å². The van der Waals surface area contributed by atoms with Crippen LogP contribution in [0.25, 0.3) is 49.5 Å². The zero-order valence-corrected chi connectivity index (χ0v) is 23.3. The van der Waals surface area contributed by atoms with E-state index in [4.69, 9.17) is 0 Å². The van der Waals surface area contributed by atoms with Gasteiger partial charge in [-0.25, -0.2) is 0 Å². The third-order valence-electron chi connectivity index (χ3n) is 8.98. The molecule has 2 nitrogen and oxygen atoms in total. The van der Waals surface area contributed by atoms with Gasteiger partial charge in [-0.2, -0.15) is 0 Å². The number of rotatable bonds is 4. The van der Waals surface area contributed by atoms with E-state index in [0.717, 1.165) is 24.1 Å². The number of benzene rings is 4. The minimum Gasteiger partial charge on any atom is -0.264 e. The first-order valence-electron chi connectivity index (χ1n) is 14.8. The second-order valence-electron chi connectivity index (χ2n) is 11.2. The van der Waals surface area contributed by atoms with Crippen molar-refractivity contribution in [3.05, 3.63) is 163 Å². The van der Waals surface area contributed by atoms with Crippen LogP contribution in [0.4, 0.5) is 0 Å². The van der Waals surface area contributed by atoms with Crippen molar-refractivity contribution in [3.8, 4) is 22.4 Å². The van der Waals surface area contributed by atoms with Gasteiger partial charge in [-0.05, 0) is 91.9 Å². The van der Waals surface area contributed by atoms with Crippen LogP contribution in [0.5, 0.6) is 0 Å². The maximum absolute atomic E-state index is 4.67. The lowest BCUT2D eigenvalue weighted by atomic mass is 9.68. The summed E-state index contributed by atoms with van der Waals surface area (Å²) in [6.07, 6.45) is 17.5. The quantitative estimate of drug-likeness (QED) is 0.209. The van der Waals surface area contributed by atoms with Crippen molar-refractivity contribution >= 4 is 27.1 Å². The number of pyridine rings is 2. The molecular weight excluding hydrogens is 508 g/mol. The lowest BCUT2D eigenvalue weighted by molar-refractivity contribution is 0.513. The molecule has 0 bridgehead atoms. The molecular formula is C40H30N2. The molecule has 2 heterocycles. The molecule has 0 fully saturated rings. The third kappa shape index (κ3) is 4.02. The lowest BCUT2D eigenvalue weighted by Crippen LogP contribution is -2.20. The average molecular weight is 539 g/mol. The zero-order chi connectivity index (χ0) is 27.9. The summed E-state index contributed by atoms with van der Waals surface area (Å²) in [5.74, 6) is 0.655. The monoisotopic (exact) mass is 538 g/mol. The highest BCUT2D eigenvalue weighted by Gasteiger charge is 2.33. The van der Waals surface area contributed by atoms with Crippen molar-refractivity contribution in [2.24, 2.45) is 5.92 Å². The molecule has 2 heteroatoms. The van der Waals surface area contributed by atoms with Crippen molar-refractivity contribution in [3.63, 3.8) is 0 Å². The highest BCUT2D eigenvalue weighted by molar-refractivity contribution is 6.15. The normalized spacial score (nSPS) is 18.0. The number of nitrogens with zero attached hydrogens (tertiary/aromatic N) is 2. The van der Waals surface area contributed by atoms with Crippen molar-refractivity contribution in [2.45, 2.75) is 18.8 Å². The SMILES string of the molecule is C1=CC2=C(c3ccncc3-c3ccccn3)C=CC(c3c4ccccc4c(-c4ccccc4)c4ccccc34)C2CC1. The van der Waals surface area contributed by atoms with Crippen LogP contribution in [0.1, 0.15) is 29.9 Å². The molecule has 0 radical (unpaired) electrons. The first-order chi connectivity index (χ1) is 20.9. The fourth-order valence-electron chi connectivity index (χ4n) is 7.19. The predicted octanol–water partition coefficient (Wildman–Crippen LogP) is 10.2. The van der Waals surface area contributed by atoms with E-state index in [-0.39, 0.29) is 5.92 Å². The smallest absolute Gasteiger partial charge is 0.0723 e. The number of fused-ring (bicyclic) bond motifs is 3. The minimum absolute atomic E-state index is 0.272. The molecule has 4 aromatic carbocycles. The molecule has 200 valence electrons. The van der Waals surface area contributed by atoms with Gasteiger partial charge in [-0.3, -0.25) is 9.97 Å². The molecule has 2 aliphatic carbocycles. The second kappa shape index (κ2) is 10.4. The number of aromatic nitrogens is 2. The molecule has 0 saturated heterocycles. The average Bonchev–Trinajstić information content (AvgIpc) is 3.07. The predicted molar refractivity (Wildman–Crippen MR) is 175 cm³/mol. The summed E-state index contributed by atoms with van der Waals surface area (Å²) in [4.78, 5) is 9.15. The van der Waals surface area contributed by atoms with Gasteiger partial charge in [0.25, 0.3) is 0 Å². The van der Waals surface area contributed by atoms with Gasteiger partial charge in [0.2, 0.25) is 0 Å². The van der Waals surface area contributed by atoms with Gasteiger partial charge in [0.1, 0.15) is 0 Å².